The highest BCUT2D eigenvalue weighted by molar-refractivity contribution is 7.98. The van der Waals surface area contributed by atoms with Crippen LogP contribution in [0.3, 0.4) is 0 Å². The van der Waals surface area contributed by atoms with Crippen molar-refractivity contribution in [1.82, 2.24) is 15.4 Å². The second-order valence-corrected chi connectivity index (χ2v) is 6.91. The van der Waals surface area contributed by atoms with E-state index in [0.29, 0.717) is 18.6 Å². The molecule has 0 unspecified atom stereocenters. The fraction of sp³-hybridized carbons (Fsp3) is 0.800. The quantitative estimate of drug-likeness (QED) is 0.398. The van der Waals surface area contributed by atoms with Gasteiger partial charge in [0.05, 0.1) is 6.26 Å². The summed E-state index contributed by atoms with van der Waals surface area (Å²) in [6.45, 7) is 0.469. The van der Waals surface area contributed by atoms with Gasteiger partial charge in [0.15, 0.2) is 0 Å². The SMILES string of the molecule is CSCC[C@@H](NC(=O)NCCCNS(C)(=O)=O)C(=O)O. The Hall–Kier alpha value is -1.00. The van der Waals surface area contributed by atoms with Gasteiger partial charge in [-0.2, -0.15) is 11.8 Å². The van der Waals surface area contributed by atoms with E-state index in [1.54, 1.807) is 0 Å². The molecule has 4 N–H and O–H groups in total. The van der Waals surface area contributed by atoms with Crippen molar-refractivity contribution in [3.05, 3.63) is 0 Å². The number of nitrogens with one attached hydrogen (secondary N) is 3. The number of carboxylic acid groups (broad SMARTS) is 1. The molecule has 0 aliphatic rings. The summed E-state index contributed by atoms with van der Waals surface area (Å²) in [5.41, 5.74) is 0. The summed E-state index contributed by atoms with van der Waals surface area (Å²) in [5, 5.41) is 13.8. The molecule has 8 nitrogen and oxygen atoms in total. The molecule has 0 aromatic carbocycles. The molecular formula is C10H21N3O5S2. The van der Waals surface area contributed by atoms with Gasteiger partial charge in [-0.25, -0.2) is 22.7 Å². The van der Waals surface area contributed by atoms with E-state index in [1.165, 1.54) is 11.8 Å². The largest absolute Gasteiger partial charge is 0.480 e. The van der Waals surface area contributed by atoms with Gasteiger partial charge < -0.3 is 15.7 Å². The first-order chi connectivity index (χ1) is 9.26. The summed E-state index contributed by atoms with van der Waals surface area (Å²) in [5.74, 6) is -0.442. The maximum Gasteiger partial charge on any atom is 0.326 e. The van der Waals surface area contributed by atoms with Crippen LogP contribution in [0.1, 0.15) is 12.8 Å². The lowest BCUT2D eigenvalue weighted by atomic mass is 10.2. The molecule has 0 aliphatic carbocycles. The van der Waals surface area contributed by atoms with Crippen LogP contribution in [0, 0.1) is 0 Å². The van der Waals surface area contributed by atoms with Crippen molar-refractivity contribution in [3.8, 4) is 0 Å². The maximum absolute atomic E-state index is 11.5. The van der Waals surface area contributed by atoms with Gasteiger partial charge in [0.1, 0.15) is 6.04 Å². The second-order valence-electron chi connectivity index (χ2n) is 4.09. The standard InChI is InChI=1S/C10H21N3O5S2/c1-19-7-4-8(9(14)15)13-10(16)11-5-3-6-12-20(2,17)18/h8,12H,3-7H2,1-2H3,(H,14,15)(H2,11,13,16)/t8-/m1/s1. The molecule has 0 aromatic rings. The molecule has 0 saturated carbocycles. The van der Waals surface area contributed by atoms with Gasteiger partial charge in [-0.05, 0) is 24.9 Å². The monoisotopic (exact) mass is 327 g/mol. The van der Waals surface area contributed by atoms with Gasteiger partial charge in [0, 0.05) is 13.1 Å². The number of carboxylic acids is 1. The van der Waals surface area contributed by atoms with Gasteiger partial charge in [0.25, 0.3) is 0 Å². The topological polar surface area (TPSA) is 125 Å². The highest BCUT2D eigenvalue weighted by atomic mass is 32.2. The van der Waals surface area contributed by atoms with Crippen molar-refractivity contribution in [2.45, 2.75) is 18.9 Å². The van der Waals surface area contributed by atoms with Gasteiger partial charge in [-0.1, -0.05) is 0 Å². The Morgan fingerprint density at radius 3 is 2.45 bits per heavy atom. The Morgan fingerprint density at radius 2 is 1.95 bits per heavy atom. The number of thioether (sulfide) groups is 1. The van der Waals surface area contributed by atoms with Gasteiger partial charge in [-0.3, -0.25) is 0 Å². The highest BCUT2D eigenvalue weighted by Gasteiger charge is 2.18. The molecule has 118 valence electrons. The van der Waals surface area contributed by atoms with Gasteiger partial charge in [0.2, 0.25) is 10.0 Å². The highest BCUT2D eigenvalue weighted by Crippen LogP contribution is 2.00. The van der Waals surface area contributed by atoms with E-state index < -0.39 is 28.1 Å². The third-order valence-electron chi connectivity index (χ3n) is 2.22. The van der Waals surface area contributed by atoms with Crippen molar-refractivity contribution in [1.29, 1.82) is 0 Å². The number of amides is 2. The van der Waals surface area contributed by atoms with Gasteiger partial charge in [-0.15, -0.1) is 0 Å². The molecular weight excluding hydrogens is 306 g/mol. The molecule has 0 rings (SSSR count). The molecule has 0 heterocycles. The van der Waals surface area contributed by atoms with E-state index in [4.69, 9.17) is 5.11 Å². The number of sulfonamides is 1. The second kappa shape index (κ2) is 9.83. The minimum Gasteiger partial charge on any atom is -0.480 e. The summed E-state index contributed by atoms with van der Waals surface area (Å²) >= 11 is 1.50. The normalized spacial score (nSPS) is 12.7. The van der Waals surface area contributed by atoms with Crippen molar-refractivity contribution >= 4 is 33.8 Å². The number of carbonyl (C=O) groups excluding carboxylic acids is 1. The molecule has 10 heteroatoms. The molecule has 0 aromatic heterocycles. The minimum absolute atomic E-state index is 0.216. The number of aliphatic carboxylic acids is 1. The molecule has 0 saturated heterocycles. The van der Waals surface area contributed by atoms with E-state index in [1.807, 2.05) is 6.26 Å². The van der Waals surface area contributed by atoms with Crippen LogP contribution in [-0.4, -0.2) is 62.9 Å². The molecule has 0 bridgehead atoms. The number of hydrogen-bond acceptors (Lipinski definition) is 5. The number of carbonyl (C=O) groups is 2. The van der Waals surface area contributed by atoms with Crippen LogP contribution in [0.5, 0.6) is 0 Å². The first-order valence-corrected chi connectivity index (χ1v) is 9.25. The summed E-state index contributed by atoms with van der Waals surface area (Å²) in [4.78, 5) is 22.3. The predicted molar refractivity (Wildman–Crippen MR) is 78.4 cm³/mol. The van der Waals surface area contributed by atoms with E-state index in [9.17, 15) is 18.0 Å². The summed E-state index contributed by atoms with van der Waals surface area (Å²) in [6, 6.07) is -1.49. The fourth-order valence-corrected chi connectivity index (χ4v) is 2.24. The van der Waals surface area contributed by atoms with E-state index in [0.717, 1.165) is 6.26 Å². The number of rotatable bonds is 10. The van der Waals surface area contributed by atoms with Crippen LogP contribution in [0.2, 0.25) is 0 Å². The zero-order valence-corrected chi connectivity index (χ0v) is 13.1. The summed E-state index contributed by atoms with van der Waals surface area (Å²) in [7, 11) is -3.22. The third kappa shape index (κ3) is 10.9. The number of urea groups is 1. The Kier molecular flexibility index (Phi) is 9.34. The first-order valence-electron chi connectivity index (χ1n) is 5.97. The molecule has 0 spiro atoms. The fourth-order valence-electron chi connectivity index (χ4n) is 1.25. The molecule has 0 fully saturated rings. The van der Waals surface area contributed by atoms with Crippen LogP contribution < -0.4 is 15.4 Å². The number of hydrogen-bond donors (Lipinski definition) is 4. The van der Waals surface area contributed by atoms with Crippen molar-refractivity contribution in [3.63, 3.8) is 0 Å². The van der Waals surface area contributed by atoms with Crippen LogP contribution in [-0.2, 0) is 14.8 Å². The van der Waals surface area contributed by atoms with Crippen molar-refractivity contribution in [2.24, 2.45) is 0 Å². The Morgan fingerprint density at radius 1 is 1.30 bits per heavy atom. The van der Waals surface area contributed by atoms with Crippen molar-refractivity contribution < 1.29 is 23.1 Å². The predicted octanol–water partition coefficient (Wildman–Crippen LogP) is -0.569. The van der Waals surface area contributed by atoms with E-state index in [-0.39, 0.29) is 13.1 Å². The average molecular weight is 327 g/mol. The zero-order chi connectivity index (χ0) is 15.6. The molecule has 20 heavy (non-hydrogen) atoms. The first kappa shape index (κ1) is 19.0. The molecule has 1 atom stereocenters. The smallest absolute Gasteiger partial charge is 0.326 e. The van der Waals surface area contributed by atoms with Crippen LogP contribution in [0.25, 0.3) is 0 Å². The Bertz CT molecular complexity index is 413. The Labute approximate surface area is 123 Å². The average Bonchev–Trinajstić information content (AvgIpc) is 2.32. The lowest BCUT2D eigenvalue weighted by Gasteiger charge is -2.14. The minimum atomic E-state index is -3.22. The summed E-state index contributed by atoms with van der Waals surface area (Å²) < 4.78 is 23.8. The molecule has 0 aliphatic heterocycles. The van der Waals surface area contributed by atoms with E-state index in [2.05, 4.69) is 15.4 Å². The van der Waals surface area contributed by atoms with Gasteiger partial charge >= 0.3 is 12.0 Å². The lowest BCUT2D eigenvalue weighted by molar-refractivity contribution is -0.139. The van der Waals surface area contributed by atoms with Crippen molar-refractivity contribution in [2.75, 3.05) is 31.4 Å². The summed E-state index contributed by atoms with van der Waals surface area (Å²) in [6.07, 6.45) is 3.67. The lowest BCUT2D eigenvalue weighted by Crippen LogP contribution is -2.46. The molecule has 2 amide bonds. The zero-order valence-electron chi connectivity index (χ0n) is 11.5. The third-order valence-corrected chi connectivity index (χ3v) is 3.59. The van der Waals surface area contributed by atoms with E-state index >= 15 is 0 Å². The van der Waals surface area contributed by atoms with Crippen LogP contribution in [0.4, 0.5) is 4.79 Å². The maximum atomic E-state index is 11.5. The molecule has 0 radical (unpaired) electrons. The van der Waals surface area contributed by atoms with Crippen LogP contribution in [0.15, 0.2) is 0 Å². The van der Waals surface area contributed by atoms with Crippen LogP contribution >= 0.6 is 11.8 Å². The Balaban J connectivity index is 3.88.